The smallest absolute Gasteiger partial charge is 0.310 e. The fourth-order valence-electron chi connectivity index (χ4n) is 1.16. The number of carboxylic acid groups (broad SMARTS) is 1. The molecule has 16 heavy (non-hydrogen) atoms. The summed E-state index contributed by atoms with van der Waals surface area (Å²) in [4.78, 5) is 22.6. The van der Waals surface area contributed by atoms with Gasteiger partial charge in [0.15, 0.2) is 0 Å². The van der Waals surface area contributed by atoms with E-state index in [9.17, 15) is 9.59 Å². The zero-order chi connectivity index (χ0) is 12.9. The number of rotatable bonds is 6. The first-order valence-electron chi connectivity index (χ1n) is 5.73. The van der Waals surface area contributed by atoms with Crippen LogP contribution in [0.5, 0.6) is 0 Å². The van der Waals surface area contributed by atoms with Gasteiger partial charge in [-0.15, -0.1) is 0 Å². The van der Waals surface area contributed by atoms with Crippen molar-refractivity contribution >= 4 is 11.9 Å². The summed E-state index contributed by atoms with van der Waals surface area (Å²) in [6.45, 7) is 9.30. The number of carbonyl (C=O) groups is 2. The lowest BCUT2D eigenvalue weighted by molar-refractivity contribution is -0.146. The van der Waals surface area contributed by atoms with E-state index in [-0.39, 0.29) is 18.4 Å². The Labute approximate surface area is 97.4 Å². The van der Waals surface area contributed by atoms with Crippen molar-refractivity contribution in [2.45, 2.75) is 41.0 Å². The van der Waals surface area contributed by atoms with Crippen LogP contribution in [0.15, 0.2) is 0 Å². The third-order valence-corrected chi connectivity index (χ3v) is 3.19. The maximum absolute atomic E-state index is 11.7. The molecule has 0 rings (SSSR count). The van der Waals surface area contributed by atoms with Gasteiger partial charge in [-0.05, 0) is 19.8 Å². The molecule has 0 saturated heterocycles. The minimum Gasteiger partial charge on any atom is -0.481 e. The normalized spacial score (nSPS) is 15.3. The maximum Gasteiger partial charge on any atom is 0.310 e. The van der Waals surface area contributed by atoms with Crippen LogP contribution in [-0.2, 0) is 9.59 Å². The summed E-state index contributed by atoms with van der Waals surface area (Å²) < 4.78 is 0. The first-order chi connectivity index (χ1) is 7.22. The molecule has 2 N–H and O–H groups in total. The molecule has 2 atom stereocenters. The molecular formula is C12H23NO3. The zero-order valence-electron chi connectivity index (χ0n) is 10.8. The van der Waals surface area contributed by atoms with Crippen LogP contribution in [0.1, 0.15) is 41.0 Å². The number of hydrogen-bond acceptors (Lipinski definition) is 2. The number of nitrogens with one attached hydrogen (secondary N) is 1. The van der Waals surface area contributed by atoms with Gasteiger partial charge in [0.25, 0.3) is 0 Å². The largest absolute Gasteiger partial charge is 0.481 e. The van der Waals surface area contributed by atoms with E-state index in [1.54, 1.807) is 13.8 Å². The topological polar surface area (TPSA) is 66.4 Å². The number of carbonyl (C=O) groups excluding carboxylic acids is 1. The SMILES string of the molecule is CCC(C)C(C)C(=O)NCC(C)(C)C(=O)O. The summed E-state index contributed by atoms with van der Waals surface area (Å²) in [6.07, 6.45) is 0.941. The van der Waals surface area contributed by atoms with Gasteiger partial charge in [-0.25, -0.2) is 0 Å². The summed E-state index contributed by atoms with van der Waals surface area (Å²) in [6, 6.07) is 0. The molecule has 0 aromatic heterocycles. The quantitative estimate of drug-likeness (QED) is 0.731. The van der Waals surface area contributed by atoms with Gasteiger partial charge >= 0.3 is 5.97 Å². The third-order valence-electron chi connectivity index (χ3n) is 3.19. The van der Waals surface area contributed by atoms with E-state index in [1.807, 2.05) is 20.8 Å². The Morgan fingerprint density at radius 3 is 2.19 bits per heavy atom. The number of amides is 1. The molecule has 0 aromatic rings. The number of aliphatic carboxylic acids is 1. The summed E-state index contributed by atoms with van der Waals surface area (Å²) in [5.74, 6) is -0.727. The highest BCUT2D eigenvalue weighted by molar-refractivity contribution is 5.80. The van der Waals surface area contributed by atoms with Crippen LogP contribution in [0, 0.1) is 17.3 Å². The summed E-state index contributed by atoms with van der Waals surface area (Å²) in [7, 11) is 0. The minimum atomic E-state index is -0.912. The van der Waals surface area contributed by atoms with Crippen molar-refractivity contribution < 1.29 is 14.7 Å². The predicted octanol–water partition coefficient (Wildman–Crippen LogP) is 1.90. The van der Waals surface area contributed by atoms with Gasteiger partial charge in [0.1, 0.15) is 0 Å². The van der Waals surface area contributed by atoms with Gasteiger partial charge in [0, 0.05) is 12.5 Å². The third kappa shape index (κ3) is 4.21. The maximum atomic E-state index is 11.7. The van der Waals surface area contributed by atoms with Crippen molar-refractivity contribution in [3.05, 3.63) is 0 Å². The number of hydrogen-bond donors (Lipinski definition) is 2. The van der Waals surface area contributed by atoms with Gasteiger partial charge in [-0.3, -0.25) is 9.59 Å². The van der Waals surface area contributed by atoms with E-state index in [0.29, 0.717) is 5.92 Å². The molecule has 0 saturated carbocycles. The Kier molecular flexibility index (Phi) is 5.48. The highest BCUT2D eigenvalue weighted by Crippen LogP contribution is 2.16. The standard InChI is InChI=1S/C12H23NO3/c1-6-8(2)9(3)10(14)13-7-12(4,5)11(15)16/h8-9H,6-7H2,1-5H3,(H,13,14)(H,15,16). The highest BCUT2D eigenvalue weighted by Gasteiger charge is 2.28. The monoisotopic (exact) mass is 229 g/mol. The summed E-state index contributed by atoms with van der Waals surface area (Å²) in [5.41, 5.74) is -0.912. The molecule has 94 valence electrons. The van der Waals surface area contributed by atoms with Crippen LogP contribution in [0.25, 0.3) is 0 Å². The molecule has 0 radical (unpaired) electrons. The first-order valence-corrected chi connectivity index (χ1v) is 5.73. The van der Waals surface area contributed by atoms with Gasteiger partial charge in [-0.2, -0.15) is 0 Å². The van der Waals surface area contributed by atoms with Crippen molar-refractivity contribution in [3.8, 4) is 0 Å². The summed E-state index contributed by atoms with van der Waals surface area (Å²) in [5, 5.41) is 11.6. The van der Waals surface area contributed by atoms with Crippen LogP contribution in [-0.4, -0.2) is 23.5 Å². The first kappa shape index (κ1) is 14.9. The average Bonchev–Trinajstić information content (AvgIpc) is 2.23. The van der Waals surface area contributed by atoms with Crippen molar-refractivity contribution in [1.82, 2.24) is 5.32 Å². The van der Waals surface area contributed by atoms with Crippen LogP contribution in [0.2, 0.25) is 0 Å². The van der Waals surface area contributed by atoms with Crippen LogP contribution in [0.3, 0.4) is 0 Å². The van der Waals surface area contributed by atoms with E-state index in [1.165, 1.54) is 0 Å². The molecule has 0 aliphatic heterocycles. The number of carboxylic acids is 1. The molecule has 4 nitrogen and oxygen atoms in total. The molecule has 0 aliphatic carbocycles. The van der Waals surface area contributed by atoms with Gasteiger partial charge in [0.2, 0.25) is 5.91 Å². The van der Waals surface area contributed by atoms with Crippen molar-refractivity contribution in [2.75, 3.05) is 6.54 Å². The summed E-state index contributed by atoms with van der Waals surface area (Å²) >= 11 is 0. The van der Waals surface area contributed by atoms with Gasteiger partial charge < -0.3 is 10.4 Å². The molecule has 2 unspecified atom stereocenters. The van der Waals surface area contributed by atoms with Crippen molar-refractivity contribution in [3.63, 3.8) is 0 Å². The fourth-order valence-corrected chi connectivity index (χ4v) is 1.16. The Hall–Kier alpha value is -1.06. The lowest BCUT2D eigenvalue weighted by Crippen LogP contribution is -2.41. The molecule has 1 amide bonds. The predicted molar refractivity (Wildman–Crippen MR) is 63.0 cm³/mol. The average molecular weight is 229 g/mol. The second kappa shape index (κ2) is 5.87. The van der Waals surface area contributed by atoms with Gasteiger partial charge in [0.05, 0.1) is 5.41 Å². The van der Waals surface area contributed by atoms with Crippen LogP contribution in [0.4, 0.5) is 0 Å². The molecular weight excluding hydrogens is 206 g/mol. The Morgan fingerprint density at radius 2 is 1.81 bits per heavy atom. The second-order valence-corrected chi connectivity index (χ2v) is 5.08. The lowest BCUT2D eigenvalue weighted by Gasteiger charge is -2.23. The van der Waals surface area contributed by atoms with E-state index in [0.717, 1.165) is 6.42 Å². The molecule has 0 aliphatic rings. The molecule has 0 aromatic carbocycles. The van der Waals surface area contributed by atoms with E-state index < -0.39 is 11.4 Å². The lowest BCUT2D eigenvalue weighted by atomic mass is 9.91. The van der Waals surface area contributed by atoms with E-state index in [4.69, 9.17) is 5.11 Å². The molecule has 4 heteroatoms. The Morgan fingerprint density at radius 1 is 1.31 bits per heavy atom. The van der Waals surface area contributed by atoms with E-state index >= 15 is 0 Å². The van der Waals surface area contributed by atoms with Crippen molar-refractivity contribution in [2.24, 2.45) is 17.3 Å². The van der Waals surface area contributed by atoms with Crippen LogP contribution < -0.4 is 5.32 Å². The van der Waals surface area contributed by atoms with E-state index in [2.05, 4.69) is 5.32 Å². The molecule has 0 bridgehead atoms. The Balaban J connectivity index is 4.22. The second-order valence-electron chi connectivity index (χ2n) is 5.08. The molecule has 0 heterocycles. The fraction of sp³-hybridized carbons (Fsp3) is 0.833. The Bertz CT molecular complexity index is 261. The molecule has 0 spiro atoms. The van der Waals surface area contributed by atoms with Crippen LogP contribution >= 0.6 is 0 Å². The highest BCUT2D eigenvalue weighted by atomic mass is 16.4. The molecule has 0 fully saturated rings. The van der Waals surface area contributed by atoms with Crippen molar-refractivity contribution in [1.29, 1.82) is 0 Å². The minimum absolute atomic E-state index is 0.0660. The van der Waals surface area contributed by atoms with Gasteiger partial charge in [-0.1, -0.05) is 27.2 Å². The zero-order valence-corrected chi connectivity index (χ0v) is 10.8.